The van der Waals surface area contributed by atoms with Gasteiger partial charge in [-0.25, -0.2) is 4.98 Å². The van der Waals surface area contributed by atoms with Gasteiger partial charge in [-0.05, 0) is 51.3 Å². The Labute approximate surface area is 193 Å². The summed E-state index contributed by atoms with van der Waals surface area (Å²) >= 11 is 0. The molecular weight excluding hydrogens is 418 g/mol. The topological polar surface area (TPSA) is 94.3 Å². The monoisotopic (exact) mass is 449 g/mol. The molecule has 1 atom stereocenters. The Morgan fingerprint density at radius 2 is 2.03 bits per heavy atom. The van der Waals surface area contributed by atoms with Gasteiger partial charge in [0.05, 0.1) is 24.4 Å². The lowest BCUT2D eigenvalue weighted by molar-refractivity contribution is 0.0593. The van der Waals surface area contributed by atoms with Crippen molar-refractivity contribution in [1.29, 1.82) is 0 Å². The van der Waals surface area contributed by atoms with Gasteiger partial charge in [0.1, 0.15) is 17.3 Å². The molecule has 2 aromatic heterocycles. The number of carbonyl (C=O) groups excluding carboxylic acids is 1. The Balaban J connectivity index is 1.45. The smallest absolute Gasteiger partial charge is 0.270 e. The van der Waals surface area contributed by atoms with Gasteiger partial charge in [-0.15, -0.1) is 0 Å². The zero-order valence-corrected chi connectivity index (χ0v) is 19.5. The van der Waals surface area contributed by atoms with Crippen molar-refractivity contribution >= 4 is 16.8 Å². The molecule has 0 spiro atoms. The van der Waals surface area contributed by atoms with Crippen LogP contribution in [-0.2, 0) is 13.0 Å². The number of likely N-dealkylation sites (tertiary alicyclic amines) is 1. The van der Waals surface area contributed by atoms with E-state index in [4.69, 9.17) is 9.72 Å². The molecule has 1 amide bonds. The minimum atomic E-state index is -0.228. The molecule has 0 radical (unpaired) electrons. The van der Waals surface area contributed by atoms with E-state index in [1.165, 1.54) is 0 Å². The molecule has 2 aliphatic rings. The SMILES string of the molecule is COc1ccc2cc(C(=O)N3CCCC[C@H]3c3nc4c(c(=O)[nH]3)CN(C(C)C)CC4)[nH]c2c1. The number of piperidine rings is 1. The van der Waals surface area contributed by atoms with E-state index in [1.807, 2.05) is 29.2 Å². The van der Waals surface area contributed by atoms with Crippen molar-refractivity contribution in [2.24, 2.45) is 0 Å². The van der Waals surface area contributed by atoms with Gasteiger partial charge < -0.3 is 19.6 Å². The van der Waals surface area contributed by atoms with Crippen LogP contribution in [0.15, 0.2) is 29.1 Å². The van der Waals surface area contributed by atoms with Gasteiger partial charge in [0.15, 0.2) is 0 Å². The van der Waals surface area contributed by atoms with Gasteiger partial charge in [-0.3, -0.25) is 14.5 Å². The zero-order valence-electron chi connectivity index (χ0n) is 19.5. The number of H-pyrrole nitrogens is 2. The summed E-state index contributed by atoms with van der Waals surface area (Å²) in [6.07, 6.45) is 3.49. The number of hydrogen-bond acceptors (Lipinski definition) is 5. The lowest BCUT2D eigenvalue weighted by Gasteiger charge is -2.36. The summed E-state index contributed by atoms with van der Waals surface area (Å²) in [5.41, 5.74) is 2.97. The standard InChI is InChI=1S/C25H31N5O3/c1-15(2)29-11-9-19-18(14-29)24(31)28-23(27-19)22-6-4-5-10-30(22)25(32)21-12-16-7-8-17(33-3)13-20(16)26-21/h7-8,12-13,15,22,26H,4-6,9-11,14H2,1-3H3,(H,27,28,31)/t22-/m0/s1. The predicted molar refractivity (Wildman–Crippen MR) is 127 cm³/mol. The molecule has 0 unspecified atom stereocenters. The summed E-state index contributed by atoms with van der Waals surface area (Å²) in [7, 11) is 1.63. The zero-order chi connectivity index (χ0) is 23.1. The Hall–Kier alpha value is -3.13. The maximum atomic E-state index is 13.5. The lowest BCUT2D eigenvalue weighted by Crippen LogP contribution is -2.42. The highest BCUT2D eigenvalue weighted by molar-refractivity contribution is 5.98. The number of methoxy groups -OCH3 is 1. The van der Waals surface area contributed by atoms with Crippen LogP contribution in [0, 0.1) is 0 Å². The van der Waals surface area contributed by atoms with E-state index < -0.39 is 0 Å². The first kappa shape index (κ1) is 21.7. The predicted octanol–water partition coefficient (Wildman–Crippen LogP) is 3.39. The van der Waals surface area contributed by atoms with Gasteiger partial charge in [0.25, 0.3) is 11.5 Å². The van der Waals surface area contributed by atoms with E-state index in [2.05, 4.69) is 28.7 Å². The fourth-order valence-electron chi connectivity index (χ4n) is 5.03. The number of carbonyl (C=O) groups is 1. The number of nitrogens with one attached hydrogen (secondary N) is 2. The Bertz CT molecular complexity index is 1240. The summed E-state index contributed by atoms with van der Waals surface area (Å²) in [6.45, 7) is 6.46. The molecule has 33 heavy (non-hydrogen) atoms. The lowest BCUT2D eigenvalue weighted by atomic mass is 9.99. The highest BCUT2D eigenvalue weighted by Gasteiger charge is 2.32. The number of hydrogen-bond donors (Lipinski definition) is 2. The van der Waals surface area contributed by atoms with Crippen LogP contribution in [0.3, 0.4) is 0 Å². The first-order valence-electron chi connectivity index (χ1n) is 11.8. The Morgan fingerprint density at radius 1 is 1.18 bits per heavy atom. The second-order valence-electron chi connectivity index (χ2n) is 9.34. The number of rotatable bonds is 4. The highest BCUT2D eigenvalue weighted by atomic mass is 16.5. The minimum Gasteiger partial charge on any atom is -0.497 e. The van der Waals surface area contributed by atoms with Crippen molar-refractivity contribution in [2.75, 3.05) is 20.2 Å². The summed E-state index contributed by atoms with van der Waals surface area (Å²) in [5, 5.41) is 0.961. The molecule has 1 fully saturated rings. The van der Waals surface area contributed by atoms with Gasteiger partial charge in [-0.2, -0.15) is 0 Å². The number of nitrogens with zero attached hydrogens (tertiary/aromatic N) is 3. The number of aromatic amines is 2. The molecule has 3 aromatic rings. The number of benzene rings is 1. The van der Waals surface area contributed by atoms with Crippen LogP contribution in [0.5, 0.6) is 5.75 Å². The number of aromatic nitrogens is 3. The van der Waals surface area contributed by atoms with E-state index in [0.717, 1.165) is 60.1 Å². The van der Waals surface area contributed by atoms with Crippen molar-refractivity contribution < 1.29 is 9.53 Å². The van der Waals surface area contributed by atoms with Crippen molar-refractivity contribution in [3.8, 4) is 5.75 Å². The average molecular weight is 450 g/mol. The van der Waals surface area contributed by atoms with Crippen molar-refractivity contribution in [3.05, 3.63) is 57.4 Å². The Kier molecular flexibility index (Phi) is 5.70. The average Bonchev–Trinajstić information content (AvgIpc) is 3.26. The van der Waals surface area contributed by atoms with E-state index in [1.54, 1.807) is 7.11 Å². The summed E-state index contributed by atoms with van der Waals surface area (Å²) in [5.74, 6) is 1.29. The molecule has 4 heterocycles. The second-order valence-corrected chi connectivity index (χ2v) is 9.34. The van der Waals surface area contributed by atoms with Crippen LogP contribution in [0.1, 0.15) is 66.7 Å². The quantitative estimate of drug-likeness (QED) is 0.637. The first-order valence-corrected chi connectivity index (χ1v) is 11.8. The molecule has 8 nitrogen and oxygen atoms in total. The minimum absolute atomic E-state index is 0.0683. The fraction of sp³-hybridized carbons (Fsp3) is 0.480. The van der Waals surface area contributed by atoms with E-state index >= 15 is 0 Å². The second kappa shape index (κ2) is 8.67. The van der Waals surface area contributed by atoms with E-state index in [0.29, 0.717) is 30.6 Å². The Morgan fingerprint density at radius 3 is 2.82 bits per heavy atom. The van der Waals surface area contributed by atoms with Crippen LogP contribution >= 0.6 is 0 Å². The summed E-state index contributed by atoms with van der Waals surface area (Å²) < 4.78 is 5.30. The van der Waals surface area contributed by atoms with Crippen LogP contribution in [0.4, 0.5) is 0 Å². The van der Waals surface area contributed by atoms with Crippen LogP contribution < -0.4 is 10.3 Å². The number of ether oxygens (including phenoxy) is 1. The van der Waals surface area contributed by atoms with Gasteiger partial charge in [-0.1, -0.05) is 0 Å². The van der Waals surface area contributed by atoms with Crippen molar-refractivity contribution in [1.82, 2.24) is 24.8 Å². The maximum absolute atomic E-state index is 13.5. The molecule has 2 aliphatic heterocycles. The van der Waals surface area contributed by atoms with Gasteiger partial charge in [0, 0.05) is 49.1 Å². The van der Waals surface area contributed by atoms with Crippen LogP contribution in [-0.4, -0.2) is 56.9 Å². The van der Waals surface area contributed by atoms with Crippen molar-refractivity contribution in [2.45, 2.75) is 58.2 Å². The normalized spacial score (nSPS) is 19.2. The molecule has 1 saturated heterocycles. The molecular formula is C25H31N5O3. The van der Waals surface area contributed by atoms with Crippen molar-refractivity contribution in [3.63, 3.8) is 0 Å². The van der Waals surface area contributed by atoms with Gasteiger partial charge in [0.2, 0.25) is 0 Å². The third-order valence-electron chi connectivity index (χ3n) is 6.99. The summed E-state index contributed by atoms with van der Waals surface area (Å²) in [6, 6.07) is 7.76. The highest BCUT2D eigenvalue weighted by Crippen LogP contribution is 2.31. The fourth-order valence-corrected chi connectivity index (χ4v) is 5.03. The molecule has 0 aliphatic carbocycles. The molecule has 1 aromatic carbocycles. The van der Waals surface area contributed by atoms with Crippen LogP contribution in [0.2, 0.25) is 0 Å². The summed E-state index contributed by atoms with van der Waals surface area (Å²) in [4.78, 5) is 41.8. The van der Waals surface area contributed by atoms with Gasteiger partial charge >= 0.3 is 0 Å². The molecule has 2 N–H and O–H groups in total. The first-order chi connectivity index (χ1) is 15.9. The third-order valence-corrected chi connectivity index (χ3v) is 6.99. The molecule has 0 saturated carbocycles. The molecule has 8 heteroatoms. The maximum Gasteiger partial charge on any atom is 0.270 e. The van der Waals surface area contributed by atoms with E-state index in [-0.39, 0.29) is 17.5 Å². The number of fused-ring (bicyclic) bond motifs is 2. The van der Waals surface area contributed by atoms with Crippen LogP contribution in [0.25, 0.3) is 10.9 Å². The number of amides is 1. The molecule has 174 valence electrons. The largest absolute Gasteiger partial charge is 0.497 e. The molecule has 5 rings (SSSR count). The third kappa shape index (κ3) is 4.04. The molecule has 0 bridgehead atoms. The van der Waals surface area contributed by atoms with E-state index in [9.17, 15) is 9.59 Å².